The smallest absolute Gasteiger partial charge is 0.0850 e. The molecular weight excluding hydrogens is 262 g/mol. The van der Waals surface area contributed by atoms with Gasteiger partial charge in [0.25, 0.3) is 0 Å². The maximum absolute atomic E-state index is 6.46. The van der Waals surface area contributed by atoms with E-state index >= 15 is 0 Å². The van der Waals surface area contributed by atoms with Crippen molar-refractivity contribution in [3.8, 4) is 0 Å². The van der Waals surface area contributed by atoms with Crippen LogP contribution < -0.4 is 5.32 Å². The van der Waals surface area contributed by atoms with Crippen LogP contribution in [0.1, 0.15) is 38.1 Å². The quantitative estimate of drug-likeness (QED) is 0.872. The molecule has 0 saturated carbocycles. The standard InChI is InChI=1S/C14H24ClN3O/c1-4-10-14(15)12(18(5-2)17-10)9-11(16-3)13-7-6-8-19-13/h11,13,16H,4-9H2,1-3H3. The van der Waals surface area contributed by atoms with Crippen molar-refractivity contribution in [1.29, 1.82) is 0 Å². The molecule has 1 aliphatic rings. The Balaban J connectivity index is 2.18. The molecule has 0 aliphatic carbocycles. The fraction of sp³-hybridized carbons (Fsp3) is 0.786. The average Bonchev–Trinajstić information content (AvgIpc) is 3.04. The molecule has 1 fully saturated rings. The number of hydrogen-bond acceptors (Lipinski definition) is 3. The van der Waals surface area contributed by atoms with Gasteiger partial charge in [0.2, 0.25) is 0 Å². The van der Waals surface area contributed by atoms with Gasteiger partial charge in [-0.2, -0.15) is 5.10 Å². The Bertz CT molecular complexity index is 413. The van der Waals surface area contributed by atoms with E-state index in [0.29, 0.717) is 12.1 Å². The van der Waals surface area contributed by atoms with Crippen molar-refractivity contribution < 1.29 is 4.74 Å². The van der Waals surface area contributed by atoms with Gasteiger partial charge in [0, 0.05) is 25.6 Å². The second-order valence-electron chi connectivity index (χ2n) is 5.03. The molecule has 2 heterocycles. The van der Waals surface area contributed by atoms with Crippen LogP contribution in [0.15, 0.2) is 0 Å². The molecule has 1 aromatic rings. The Morgan fingerprint density at radius 3 is 2.84 bits per heavy atom. The van der Waals surface area contributed by atoms with Crippen LogP contribution >= 0.6 is 11.6 Å². The highest BCUT2D eigenvalue weighted by Gasteiger charge is 2.27. The molecule has 0 bridgehead atoms. The van der Waals surface area contributed by atoms with Crippen LogP contribution in [0.3, 0.4) is 0 Å². The average molecular weight is 286 g/mol. The van der Waals surface area contributed by atoms with Crippen LogP contribution in [0.5, 0.6) is 0 Å². The third-order valence-electron chi connectivity index (χ3n) is 3.89. The summed E-state index contributed by atoms with van der Waals surface area (Å²) in [6, 6.07) is 0.312. The van der Waals surface area contributed by atoms with Crippen molar-refractivity contribution in [2.24, 2.45) is 0 Å². The molecular formula is C14H24ClN3O. The molecule has 1 aliphatic heterocycles. The minimum atomic E-state index is 0.298. The van der Waals surface area contributed by atoms with Crippen LogP contribution in [0.2, 0.25) is 5.02 Å². The predicted octanol–water partition coefficient (Wildman–Crippen LogP) is 2.43. The van der Waals surface area contributed by atoms with E-state index in [0.717, 1.165) is 55.2 Å². The fourth-order valence-electron chi connectivity index (χ4n) is 2.76. The Morgan fingerprint density at radius 2 is 2.32 bits per heavy atom. The molecule has 1 aromatic heterocycles. The topological polar surface area (TPSA) is 39.1 Å². The molecule has 4 nitrogen and oxygen atoms in total. The third-order valence-corrected chi connectivity index (χ3v) is 4.33. The highest BCUT2D eigenvalue weighted by Crippen LogP contribution is 2.25. The highest BCUT2D eigenvalue weighted by molar-refractivity contribution is 6.31. The van der Waals surface area contributed by atoms with Crippen molar-refractivity contribution in [1.82, 2.24) is 15.1 Å². The van der Waals surface area contributed by atoms with Gasteiger partial charge < -0.3 is 10.1 Å². The van der Waals surface area contributed by atoms with Gasteiger partial charge in [-0.25, -0.2) is 0 Å². The molecule has 1 N–H and O–H groups in total. The first-order valence-electron chi connectivity index (χ1n) is 7.24. The van der Waals surface area contributed by atoms with Gasteiger partial charge in [0.1, 0.15) is 0 Å². The van der Waals surface area contributed by atoms with Gasteiger partial charge in [-0.05, 0) is 33.2 Å². The van der Waals surface area contributed by atoms with Gasteiger partial charge in [-0.3, -0.25) is 4.68 Å². The lowest BCUT2D eigenvalue weighted by Crippen LogP contribution is -2.39. The van der Waals surface area contributed by atoms with Crippen molar-refractivity contribution in [3.63, 3.8) is 0 Å². The first-order valence-corrected chi connectivity index (χ1v) is 7.61. The highest BCUT2D eigenvalue weighted by atomic mass is 35.5. The zero-order chi connectivity index (χ0) is 13.8. The van der Waals surface area contributed by atoms with Gasteiger partial charge in [0.05, 0.1) is 22.5 Å². The van der Waals surface area contributed by atoms with E-state index in [9.17, 15) is 0 Å². The lowest BCUT2D eigenvalue weighted by Gasteiger charge is -2.22. The second kappa shape index (κ2) is 6.73. The van der Waals surface area contributed by atoms with Crippen LogP contribution in [0.25, 0.3) is 0 Å². The van der Waals surface area contributed by atoms with Gasteiger partial charge in [-0.15, -0.1) is 0 Å². The van der Waals surface area contributed by atoms with Crippen molar-refractivity contribution in [2.75, 3.05) is 13.7 Å². The minimum absolute atomic E-state index is 0.298. The van der Waals surface area contributed by atoms with E-state index in [2.05, 4.69) is 24.3 Å². The number of aryl methyl sites for hydroxylation is 2. The fourth-order valence-corrected chi connectivity index (χ4v) is 3.11. The summed E-state index contributed by atoms with van der Waals surface area (Å²) < 4.78 is 7.82. The van der Waals surface area contributed by atoms with E-state index in [1.807, 2.05) is 11.7 Å². The Morgan fingerprint density at radius 1 is 1.53 bits per heavy atom. The minimum Gasteiger partial charge on any atom is -0.377 e. The molecule has 5 heteroatoms. The zero-order valence-corrected chi connectivity index (χ0v) is 12.8. The summed E-state index contributed by atoms with van der Waals surface area (Å²) in [6.07, 6.45) is 4.34. The van der Waals surface area contributed by atoms with Gasteiger partial charge in [-0.1, -0.05) is 18.5 Å². The van der Waals surface area contributed by atoms with Crippen molar-refractivity contribution >= 4 is 11.6 Å². The number of hydrogen-bond donors (Lipinski definition) is 1. The molecule has 108 valence electrons. The number of nitrogens with one attached hydrogen (secondary N) is 1. The van der Waals surface area contributed by atoms with E-state index < -0.39 is 0 Å². The number of rotatable bonds is 6. The maximum Gasteiger partial charge on any atom is 0.0850 e. The summed E-state index contributed by atoms with van der Waals surface area (Å²) >= 11 is 6.46. The zero-order valence-electron chi connectivity index (χ0n) is 12.1. The molecule has 1 saturated heterocycles. The van der Waals surface area contributed by atoms with Crippen molar-refractivity contribution in [3.05, 3.63) is 16.4 Å². The molecule has 0 radical (unpaired) electrons. The first-order chi connectivity index (χ1) is 9.21. The summed E-state index contributed by atoms with van der Waals surface area (Å²) in [5.74, 6) is 0. The van der Waals surface area contributed by atoms with E-state index in [1.54, 1.807) is 0 Å². The third kappa shape index (κ3) is 3.12. The molecule has 2 rings (SSSR count). The Labute approximate surface area is 120 Å². The number of halogens is 1. The number of nitrogens with zero attached hydrogens (tertiary/aromatic N) is 2. The molecule has 19 heavy (non-hydrogen) atoms. The summed E-state index contributed by atoms with van der Waals surface area (Å²) in [7, 11) is 1.99. The number of aromatic nitrogens is 2. The molecule has 2 unspecified atom stereocenters. The van der Waals surface area contributed by atoms with Crippen LogP contribution in [0, 0.1) is 0 Å². The number of ether oxygens (including phenoxy) is 1. The number of likely N-dealkylation sites (N-methyl/N-ethyl adjacent to an activating group) is 1. The second-order valence-corrected chi connectivity index (χ2v) is 5.41. The van der Waals surface area contributed by atoms with Crippen LogP contribution in [-0.4, -0.2) is 35.6 Å². The van der Waals surface area contributed by atoms with Gasteiger partial charge >= 0.3 is 0 Å². The largest absolute Gasteiger partial charge is 0.377 e. The summed E-state index contributed by atoms with van der Waals surface area (Å²) in [4.78, 5) is 0. The van der Waals surface area contributed by atoms with E-state index in [1.165, 1.54) is 0 Å². The summed E-state index contributed by atoms with van der Waals surface area (Å²) in [5.41, 5.74) is 2.14. The Kier molecular flexibility index (Phi) is 5.25. The van der Waals surface area contributed by atoms with Crippen molar-refractivity contribution in [2.45, 2.75) is 58.2 Å². The summed E-state index contributed by atoms with van der Waals surface area (Å²) in [6.45, 7) is 5.93. The normalized spacial score (nSPS) is 20.9. The molecule has 2 atom stereocenters. The molecule has 0 spiro atoms. The maximum atomic E-state index is 6.46. The monoisotopic (exact) mass is 285 g/mol. The van der Waals surface area contributed by atoms with E-state index in [-0.39, 0.29) is 0 Å². The summed E-state index contributed by atoms with van der Waals surface area (Å²) in [5, 5.41) is 8.79. The van der Waals surface area contributed by atoms with E-state index in [4.69, 9.17) is 16.3 Å². The lowest BCUT2D eigenvalue weighted by atomic mass is 10.0. The van der Waals surface area contributed by atoms with Crippen LogP contribution in [-0.2, 0) is 24.1 Å². The van der Waals surface area contributed by atoms with Crippen LogP contribution in [0.4, 0.5) is 0 Å². The molecule has 0 amide bonds. The lowest BCUT2D eigenvalue weighted by molar-refractivity contribution is 0.0802. The Hall–Kier alpha value is -0.580. The van der Waals surface area contributed by atoms with Gasteiger partial charge in [0.15, 0.2) is 0 Å². The first kappa shape index (κ1) is 14.8. The SMILES string of the molecule is CCc1nn(CC)c(CC(NC)C2CCCO2)c1Cl. The molecule has 0 aromatic carbocycles. The predicted molar refractivity (Wildman–Crippen MR) is 77.8 cm³/mol.